The van der Waals surface area contributed by atoms with Gasteiger partial charge in [-0.2, -0.15) is 0 Å². The van der Waals surface area contributed by atoms with Crippen LogP contribution in [-0.2, 0) is 6.54 Å². The highest BCUT2D eigenvalue weighted by atomic mass is 32.1. The van der Waals surface area contributed by atoms with E-state index in [2.05, 4.69) is 20.2 Å². The van der Waals surface area contributed by atoms with Gasteiger partial charge in [-0.3, -0.25) is 20.1 Å². The molecule has 0 radical (unpaired) electrons. The average Bonchev–Trinajstić information content (AvgIpc) is 3.45. The van der Waals surface area contributed by atoms with Crippen LogP contribution in [0.15, 0.2) is 91.4 Å². The molecule has 1 aromatic carbocycles. The van der Waals surface area contributed by atoms with Crippen molar-refractivity contribution in [2.24, 2.45) is 0 Å². The Morgan fingerprint density at radius 2 is 1.82 bits per heavy atom. The first kappa shape index (κ1) is 20.8. The minimum Gasteiger partial charge on any atom is -0.352 e. The Bertz CT molecular complexity index is 1290. The van der Waals surface area contributed by atoms with E-state index in [9.17, 15) is 10.1 Å². The summed E-state index contributed by atoms with van der Waals surface area (Å²) in [5.41, 5.74) is 3.44. The van der Waals surface area contributed by atoms with Gasteiger partial charge in [0.25, 0.3) is 5.69 Å². The van der Waals surface area contributed by atoms with E-state index < -0.39 is 0 Å². The Labute approximate surface area is 195 Å². The number of nitrogens with one attached hydrogen (secondary N) is 1. The normalized spacial score (nSPS) is 17.7. The SMILES string of the molecule is O=[N+]([O-])c1cccc(-n2cccc2C2C(c3ccccn3)NC(=S)N2Cc2ccccn2)c1. The van der Waals surface area contributed by atoms with Crippen LogP contribution in [0.3, 0.4) is 0 Å². The molecule has 1 aliphatic heterocycles. The highest BCUT2D eigenvalue weighted by molar-refractivity contribution is 7.80. The molecule has 0 bridgehead atoms. The summed E-state index contributed by atoms with van der Waals surface area (Å²) in [4.78, 5) is 22.1. The van der Waals surface area contributed by atoms with Gasteiger partial charge in [0, 0.05) is 36.4 Å². The van der Waals surface area contributed by atoms with Crippen molar-refractivity contribution in [3.8, 4) is 5.69 Å². The second-order valence-electron chi connectivity index (χ2n) is 7.66. The molecule has 2 unspecified atom stereocenters. The molecule has 33 heavy (non-hydrogen) atoms. The minimum absolute atomic E-state index is 0.0406. The van der Waals surface area contributed by atoms with Gasteiger partial charge < -0.3 is 14.8 Å². The Balaban J connectivity index is 1.61. The summed E-state index contributed by atoms with van der Waals surface area (Å²) in [6.45, 7) is 0.515. The summed E-state index contributed by atoms with van der Waals surface area (Å²) in [5.74, 6) is 0. The van der Waals surface area contributed by atoms with Crippen LogP contribution in [0.1, 0.15) is 29.2 Å². The molecule has 4 aromatic rings. The van der Waals surface area contributed by atoms with Crippen LogP contribution < -0.4 is 5.32 Å². The van der Waals surface area contributed by atoms with Crippen LogP contribution in [0.5, 0.6) is 0 Å². The number of hydrogen-bond acceptors (Lipinski definition) is 5. The van der Waals surface area contributed by atoms with Gasteiger partial charge in [-0.1, -0.05) is 18.2 Å². The standard InChI is InChI=1S/C24H20N6O2S/c31-30(32)19-9-5-8-18(15-19)28-14-6-11-21(28)23-22(20-10-2-4-13-26-20)27-24(33)29(23)16-17-7-1-3-12-25-17/h1-15,22-23H,16H2,(H,27,33). The second kappa shape index (κ2) is 8.79. The summed E-state index contributed by atoms with van der Waals surface area (Å²) in [6.07, 6.45) is 5.43. The maximum absolute atomic E-state index is 11.3. The molecule has 1 N–H and O–H groups in total. The van der Waals surface area contributed by atoms with Crippen molar-refractivity contribution < 1.29 is 4.92 Å². The van der Waals surface area contributed by atoms with Crippen molar-refractivity contribution in [1.82, 2.24) is 24.8 Å². The fourth-order valence-electron chi connectivity index (χ4n) is 4.19. The number of thiocarbonyl (C=S) groups is 1. The van der Waals surface area contributed by atoms with Crippen LogP contribution in [0, 0.1) is 10.1 Å². The zero-order valence-electron chi connectivity index (χ0n) is 17.5. The molecular weight excluding hydrogens is 436 g/mol. The fraction of sp³-hybridized carbons (Fsp3) is 0.125. The number of benzene rings is 1. The molecule has 8 nitrogen and oxygen atoms in total. The summed E-state index contributed by atoms with van der Waals surface area (Å²) in [5, 5.41) is 15.4. The fourth-order valence-corrected chi connectivity index (χ4v) is 4.50. The predicted octanol–water partition coefficient (Wildman–Crippen LogP) is 4.35. The predicted molar refractivity (Wildman–Crippen MR) is 128 cm³/mol. The Morgan fingerprint density at radius 1 is 1.00 bits per heavy atom. The number of nitrogens with zero attached hydrogens (tertiary/aromatic N) is 5. The molecule has 1 aliphatic rings. The summed E-state index contributed by atoms with van der Waals surface area (Å²) in [7, 11) is 0. The van der Waals surface area contributed by atoms with Crippen LogP contribution in [-0.4, -0.2) is 29.5 Å². The van der Waals surface area contributed by atoms with E-state index in [4.69, 9.17) is 12.2 Å². The summed E-state index contributed by atoms with van der Waals surface area (Å²) >= 11 is 5.74. The molecule has 2 atom stereocenters. The lowest BCUT2D eigenvalue weighted by Gasteiger charge is -2.28. The molecule has 0 aliphatic carbocycles. The topological polar surface area (TPSA) is 89.1 Å². The van der Waals surface area contributed by atoms with E-state index in [-0.39, 0.29) is 22.7 Å². The van der Waals surface area contributed by atoms with E-state index >= 15 is 0 Å². The lowest BCUT2D eigenvalue weighted by atomic mass is 10.0. The molecule has 164 valence electrons. The van der Waals surface area contributed by atoms with Gasteiger partial charge in [0.15, 0.2) is 5.11 Å². The molecule has 1 fully saturated rings. The molecule has 0 amide bonds. The van der Waals surface area contributed by atoms with Gasteiger partial charge in [-0.05, 0) is 54.7 Å². The van der Waals surface area contributed by atoms with E-state index in [0.29, 0.717) is 17.3 Å². The number of nitro benzene ring substituents is 1. The van der Waals surface area contributed by atoms with E-state index in [1.165, 1.54) is 6.07 Å². The van der Waals surface area contributed by atoms with Crippen molar-refractivity contribution in [1.29, 1.82) is 0 Å². The zero-order chi connectivity index (χ0) is 22.8. The molecule has 1 saturated heterocycles. The Hall–Kier alpha value is -4.11. The smallest absolute Gasteiger partial charge is 0.271 e. The van der Waals surface area contributed by atoms with Crippen LogP contribution >= 0.6 is 12.2 Å². The molecule has 0 saturated carbocycles. The Kier molecular flexibility index (Phi) is 5.54. The highest BCUT2D eigenvalue weighted by Crippen LogP contribution is 2.40. The lowest BCUT2D eigenvalue weighted by Crippen LogP contribution is -2.30. The maximum Gasteiger partial charge on any atom is 0.271 e. The molecule has 0 spiro atoms. The van der Waals surface area contributed by atoms with Gasteiger partial charge in [0.2, 0.25) is 0 Å². The van der Waals surface area contributed by atoms with Crippen LogP contribution in [0.2, 0.25) is 0 Å². The molecule has 4 heterocycles. The second-order valence-corrected chi connectivity index (χ2v) is 8.04. The van der Waals surface area contributed by atoms with Crippen molar-refractivity contribution in [3.63, 3.8) is 0 Å². The lowest BCUT2D eigenvalue weighted by molar-refractivity contribution is -0.384. The zero-order valence-corrected chi connectivity index (χ0v) is 18.3. The number of aromatic nitrogens is 3. The van der Waals surface area contributed by atoms with Crippen molar-refractivity contribution >= 4 is 23.0 Å². The minimum atomic E-state index is -0.386. The molecule has 3 aromatic heterocycles. The van der Waals surface area contributed by atoms with Crippen molar-refractivity contribution in [2.45, 2.75) is 18.6 Å². The number of nitro groups is 1. The van der Waals surface area contributed by atoms with E-state index in [1.807, 2.05) is 65.4 Å². The van der Waals surface area contributed by atoms with Gasteiger partial charge >= 0.3 is 0 Å². The average molecular weight is 457 g/mol. The van der Waals surface area contributed by atoms with E-state index in [1.54, 1.807) is 24.5 Å². The van der Waals surface area contributed by atoms with Crippen molar-refractivity contribution in [3.05, 3.63) is 119 Å². The van der Waals surface area contributed by atoms with Gasteiger partial charge in [0.1, 0.15) is 0 Å². The van der Waals surface area contributed by atoms with Crippen LogP contribution in [0.25, 0.3) is 5.69 Å². The van der Waals surface area contributed by atoms with Gasteiger partial charge in [0.05, 0.1) is 40.6 Å². The largest absolute Gasteiger partial charge is 0.352 e. The third-order valence-electron chi connectivity index (χ3n) is 5.66. The molecule has 9 heteroatoms. The number of rotatable bonds is 6. The monoisotopic (exact) mass is 456 g/mol. The first-order chi connectivity index (χ1) is 16.1. The van der Waals surface area contributed by atoms with Crippen LogP contribution in [0.4, 0.5) is 5.69 Å². The molecular formula is C24H20N6O2S. The Morgan fingerprint density at radius 3 is 2.55 bits per heavy atom. The molecule has 5 rings (SSSR count). The first-order valence-corrected chi connectivity index (χ1v) is 10.8. The first-order valence-electron chi connectivity index (χ1n) is 10.4. The summed E-state index contributed by atoms with van der Waals surface area (Å²) < 4.78 is 1.97. The quantitative estimate of drug-likeness (QED) is 0.262. The van der Waals surface area contributed by atoms with Gasteiger partial charge in [-0.15, -0.1) is 0 Å². The van der Waals surface area contributed by atoms with Gasteiger partial charge in [-0.25, -0.2) is 0 Å². The number of pyridine rings is 2. The number of non-ortho nitro benzene ring substituents is 1. The number of hydrogen-bond donors (Lipinski definition) is 1. The van der Waals surface area contributed by atoms with Crippen molar-refractivity contribution in [2.75, 3.05) is 0 Å². The third kappa shape index (κ3) is 4.06. The highest BCUT2D eigenvalue weighted by Gasteiger charge is 2.41. The maximum atomic E-state index is 11.3. The third-order valence-corrected chi connectivity index (χ3v) is 6.01. The summed E-state index contributed by atoms with van der Waals surface area (Å²) in [6, 6.07) is 21.7. The van der Waals surface area contributed by atoms with E-state index in [0.717, 1.165) is 17.1 Å².